The van der Waals surface area contributed by atoms with Crippen LogP contribution < -0.4 is 16.2 Å². The monoisotopic (exact) mass is 334 g/mol. The molecule has 3 aromatic rings. The molecule has 0 aliphatic carbocycles. The smallest absolute Gasteiger partial charge is 0.409 e. The van der Waals surface area contributed by atoms with Crippen molar-refractivity contribution in [1.82, 2.24) is 0 Å². The van der Waals surface area contributed by atoms with Crippen molar-refractivity contribution in [3.63, 3.8) is 0 Å². The third-order valence-electron chi connectivity index (χ3n) is 3.46. The van der Waals surface area contributed by atoms with Crippen LogP contribution in [0.3, 0.4) is 0 Å². The molecule has 0 unspecified atom stereocenters. The summed E-state index contributed by atoms with van der Waals surface area (Å²) in [5.41, 5.74) is 13.5. The highest BCUT2D eigenvalue weighted by atomic mass is 16.5. The van der Waals surface area contributed by atoms with Gasteiger partial charge in [-0.25, -0.2) is 4.79 Å². The first-order valence-electron chi connectivity index (χ1n) is 8.04. The normalized spacial score (nSPS) is 9.60. The second-order valence-electron chi connectivity index (χ2n) is 5.46. The molecular weight excluding hydrogens is 312 g/mol. The van der Waals surface area contributed by atoms with Crippen LogP contribution >= 0.6 is 0 Å². The molecule has 1 amide bonds. The number of amides is 1. The molecule has 0 aromatic heterocycles. The molecule has 4 N–H and O–H groups in total. The van der Waals surface area contributed by atoms with Crippen molar-refractivity contribution in [3.8, 4) is 5.75 Å². The first-order valence-corrected chi connectivity index (χ1v) is 8.04. The first kappa shape index (κ1) is 18.1. The molecule has 0 aliphatic heterocycles. The lowest BCUT2D eigenvalue weighted by atomic mass is 10.0. The fourth-order valence-electron chi connectivity index (χ4n) is 2.27. The number of carbonyl (C=O) groups is 1. The van der Waals surface area contributed by atoms with Gasteiger partial charge in [0.2, 0.25) is 0 Å². The van der Waals surface area contributed by atoms with E-state index in [4.69, 9.17) is 11.5 Å². The van der Waals surface area contributed by atoms with Gasteiger partial charge in [0.25, 0.3) is 0 Å². The predicted molar refractivity (Wildman–Crippen MR) is 101 cm³/mol. The highest BCUT2D eigenvalue weighted by molar-refractivity contribution is 5.68. The Morgan fingerprint density at radius 1 is 0.760 bits per heavy atom. The Hall–Kier alpha value is -3.27. The number of ether oxygens (including phenoxy) is 1. The van der Waals surface area contributed by atoms with Gasteiger partial charge in [0, 0.05) is 11.8 Å². The second kappa shape index (κ2) is 9.78. The molecule has 0 saturated carbocycles. The molecule has 0 aliphatic rings. The largest absolute Gasteiger partial charge is 0.410 e. The fourth-order valence-corrected chi connectivity index (χ4v) is 2.27. The van der Waals surface area contributed by atoms with E-state index >= 15 is 0 Å². The number of hydrogen-bond donors (Lipinski definition) is 2. The lowest BCUT2D eigenvalue weighted by Gasteiger charge is -2.01. The van der Waals surface area contributed by atoms with Gasteiger partial charge in [0.05, 0.1) is 0 Å². The molecule has 0 heterocycles. The van der Waals surface area contributed by atoms with Crippen LogP contribution in [0.2, 0.25) is 0 Å². The van der Waals surface area contributed by atoms with Crippen molar-refractivity contribution < 1.29 is 9.53 Å². The van der Waals surface area contributed by atoms with E-state index in [9.17, 15) is 4.79 Å². The molecule has 128 valence electrons. The number of rotatable bonds is 4. The average molecular weight is 334 g/mol. The number of anilines is 1. The summed E-state index contributed by atoms with van der Waals surface area (Å²) < 4.78 is 4.55. The Labute approximate surface area is 148 Å². The van der Waals surface area contributed by atoms with Crippen LogP contribution in [0.1, 0.15) is 11.1 Å². The van der Waals surface area contributed by atoms with Crippen LogP contribution in [0.4, 0.5) is 10.5 Å². The van der Waals surface area contributed by atoms with E-state index in [1.807, 2.05) is 0 Å². The average Bonchev–Trinajstić information content (AvgIpc) is 2.62. The molecular formula is C21H22N2O2. The lowest BCUT2D eigenvalue weighted by molar-refractivity contribution is 0.211. The van der Waals surface area contributed by atoms with Crippen LogP contribution in [-0.4, -0.2) is 6.09 Å². The number of hydrogen-bond acceptors (Lipinski definition) is 3. The Kier molecular flexibility index (Phi) is 7.07. The van der Waals surface area contributed by atoms with E-state index in [0.717, 1.165) is 12.8 Å². The van der Waals surface area contributed by atoms with E-state index < -0.39 is 6.09 Å². The minimum absolute atomic E-state index is 0.359. The Bertz CT molecular complexity index is 735. The van der Waals surface area contributed by atoms with Crippen molar-refractivity contribution in [2.45, 2.75) is 12.8 Å². The van der Waals surface area contributed by atoms with E-state index in [0.29, 0.717) is 11.4 Å². The SMILES string of the molecule is NC(=O)Oc1cccc(N)c1.c1ccc(CCc2ccccc2)cc1. The third kappa shape index (κ3) is 7.22. The van der Waals surface area contributed by atoms with E-state index in [2.05, 4.69) is 65.4 Å². The topological polar surface area (TPSA) is 78.3 Å². The summed E-state index contributed by atoms with van der Waals surface area (Å²) in [6.45, 7) is 0. The predicted octanol–water partition coefficient (Wildman–Crippen LogP) is 4.20. The van der Waals surface area contributed by atoms with Gasteiger partial charge in [-0.1, -0.05) is 66.7 Å². The maximum absolute atomic E-state index is 10.2. The highest BCUT2D eigenvalue weighted by Crippen LogP contribution is 2.13. The molecule has 0 atom stereocenters. The molecule has 4 heteroatoms. The van der Waals surface area contributed by atoms with Crippen molar-refractivity contribution >= 4 is 11.8 Å². The van der Waals surface area contributed by atoms with Gasteiger partial charge >= 0.3 is 6.09 Å². The number of nitrogens with two attached hydrogens (primary N) is 2. The van der Waals surface area contributed by atoms with Gasteiger partial charge in [0.1, 0.15) is 5.75 Å². The maximum Gasteiger partial charge on any atom is 0.409 e. The van der Waals surface area contributed by atoms with Crippen molar-refractivity contribution in [3.05, 3.63) is 96.1 Å². The summed E-state index contributed by atoms with van der Waals surface area (Å²) in [6.07, 6.45) is 1.42. The molecule has 3 rings (SSSR count). The van der Waals surface area contributed by atoms with Crippen LogP contribution in [0.15, 0.2) is 84.9 Å². The Morgan fingerprint density at radius 2 is 1.28 bits per heavy atom. The quantitative estimate of drug-likeness (QED) is 0.702. The van der Waals surface area contributed by atoms with Crippen LogP contribution in [-0.2, 0) is 12.8 Å². The number of primary amides is 1. The molecule has 4 nitrogen and oxygen atoms in total. The zero-order chi connectivity index (χ0) is 17.9. The molecule has 0 spiro atoms. The molecule has 25 heavy (non-hydrogen) atoms. The summed E-state index contributed by atoms with van der Waals surface area (Å²) in [6, 6.07) is 27.7. The third-order valence-corrected chi connectivity index (χ3v) is 3.46. The van der Waals surface area contributed by atoms with Crippen LogP contribution in [0.25, 0.3) is 0 Å². The van der Waals surface area contributed by atoms with Gasteiger partial charge in [-0.05, 0) is 36.1 Å². The fraction of sp³-hybridized carbons (Fsp3) is 0.0952. The van der Waals surface area contributed by atoms with Gasteiger partial charge in [-0.15, -0.1) is 0 Å². The van der Waals surface area contributed by atoms with Gasteiger partial charge < -0.3 is 16.2 Å². The number of nitrogen functional groups attached to an aromatic ring is 1. The van der Waals surface area contributed by atoms with Gasteiger partial charge in [-0.3, -0.25) is 0 Å². The Balaban J connectivity index is 0.000000186. The van der Waals surface area contributed by atoms with Crippen LogP contribution in [0, 0.1) is 0 Å². The van der Waals surface area contributed by atoms with E-state index in [-0.39, 0.29) is 0 Å². The van der Waals surface area contributed by atoms with Crippen LogP contribution in [0.5, 0.6) is 5.75 Å². The number of benzene rings is 3. The minimum Gasteiger partial charge on any atom is -0.410 e. The van der Waals surface area contributed by atoms with Gasteiger partial charge in [0.15, 0.2) is 0 Å². The standard InChI is InChI=1S/C14H14.C7H8N2O2/c1-3-7-13(8-4-1)11-12-14-9-5-2-6-10-14;8-5-2-1-3-6(4-5)11-7(9)10/h1-10H,11-12H2;1-4H,8H2,(H2,9,10). The number of carbonyl (C=O) groups excluding carboxylic acids is 1. The number of aryl methyl sites for hydroxylation is 2. The Morgan fingerprint density at radius 3 is 1.72 bits per heavy atom. The molecule has 0 bridgehead atoms. The summed E-state index contributed by atoms with van der Waals surface area (Å²) in [5, 5.41) is 0. The zero-order valence-corrected chi connectivity index (χ0v) is 14.0. The lowest BCUT2D eigenvalue weighted by Crippen LogP contribution is -2.16. The second-order valence-corrected chi connectivity index (χ2v) is 5.46. The van der Waals surface area contributed by atoms with Crippen molar-refractivity contribution in [1.29, 1.82) is 0 Å². The minimum atomic E-state index is -0.837. The highest BCUT2D eigenvalue weighted by Gasteiger charge is 1.97. The summed E-state index contributed by atoms with van der Waals surface area (Å²) in [5.74, 6) is 0.359. The molecule has 0 saturated heterocycles. The van der Waals surface area contributed by atoms with Crippen molar-refractivity contribution in [2.24, 2.45) is 5.73 Å². The first-order chi connectivity index (χ1) is 12.1. The molecule has 3 aromatic carbocycles. The van der Waals surface area contributed by atoms with E-state index in [1.54, 1.807) is 18.2 Å². The van der Waals surface area contributed by atoms with Gasteiger partial charge in [-0.2, -0.15) is 0 Å². The van der Waals surface area contributed by atoms with Crippen molar-refractivity contribution in [2.75, 3.05) is 5.73 Å². The maximum atomic E-state index is 10.2. The summed E-state index contributed by atoms with van der Waals surface area (Å²) >= 11 is 0. The van der Waals surface area contributed by atoms with E-state index in [1.165, 1.54) is 17.2 Å². The summed E-state index contributed by atoms with van der Waals surface area (Å²) in [7, 11) is 0. The summed E-state index contributed by atoms with van der Waals surface area (Å²) in [4.78, 5) is 10.2. The zero-order valence-electron chi connectivity index (χ0n) is 14.0. The molecule has 0 fully saturated rings. The molecule has 0 radical (unpaired) electrons.